The van der Waals surface area contributed by atoms with Crippen LogP contribution in [0.4, 0.5) is 0 Å². The number of aliphatic hydroxyl groups is 1. The van der Waals surface area contributed by atoms with E-state index in [1.165, 1.54) is 0 Å². The average molecular weight is 227 g/mol. The van der Waals surface area contributed by atoms with E-state index >= 15 is 0 Å². The van der Waals surface area contributed by atoms with Crippen molar-refractivity contribution in [3.63, 3.8) is 0 Å². The molecule has 1 N–H and O–H groups in total. The van der Waals surface area contributed by atoms with Crippen LogP contribution < -0.4 is 0 Å². The molecule has 0 aromatic rings. The lowest BCUT2D eigenvalue weighted by molar-refractivity contribution is -0.132. The molecule has 0 rings (SSSR count). The van der Waals surface area contributed by atoms with Crippen LogP contribution in [0.5, 0.6) is 0 Å². The summed E-state index contributed by atoms with van der Waals surface area (Å²) in [5, 5.41) is 17.4. The molecule has 0 aliphatic heterocycles. The first-order valence-electron chi connectivity index (χ1n) is 5.51. The third-order valence-corrected chi connectivity index (χ3v) is 2.34. The Labute approximate surface area is 97.3 Å². The SMILES string of the molecule is CCN(CC(C)C#N)C(=O)CN(C)CCO. The molecular formula is C11H21N3O2. The van der Waals surface area contributed by atoms with Crippen LogP contribution in [0.1, 0.15) is 13.8 Å². The largest absolute Gasteiger partial charge is 0.395 e. The van der Waals surface area contributed by atoms with Crippen LogP contribution in [0, 0.1) is 17.2 Å². The van der Waals surface area contributed by atoms with E-state index in [2.05, 4.69) is 6.07 Å². The molecule has 16 heavy (non-hydrogen) atoms. The zero-order chi connectivity index (χ0) is 12.6. The molecule has 0 bridgehead atoms. The molecule has 0 aliphatic carbocycles. The number of carbonyl (C=O) groups is 1. The van der Waals surface area contributed by atoms with Crippen molar-refractivity contribution in [2.45, 2.75) is 13.8 Å². The third-order valence-electron chi connectivity index (χ3n) is 2.34. The number of likely N-dealkylation sites (N-methyl/N-ethyl adjacent to an activating group) is 2. The summed E-state index contributed by atoms with van der Waals surface area (Å²) in [6.07, 6.45) is 0. The van der Waals surface area contributed by atoms with E-state index in [1.807, 2.05) is 6.92 Å². The monoisotopic (exact) mass is 227 g/mol. The van der Waals surface area contributed by atoms with Crippen molar-refractivity contribution in [1.29, 1.82) is 5.26 Å². The van der Waals surface area contributed by atoms with Crippen molar-refractivity contribution in [1.82, 2.24) is 9.80 Å². The van der Waals surface area contributed by atoms with E-state index in [1.54, 1.807) is 23.8 Å². The van der Waals surface area contributed by atoms with Gasteiger partial charge < -0.3 is 10.0 Å². The van der Waals surface area contributed by atoms with Gasteiger partial charge in [-0.05, 0) is 20.9 Å². The highest BCUT2D eigenvalue weighted by molar-refractivity contribution is 5.78. The Morgan fingerprint density at radius 3 is 2.62 bits per heavy atom. The van der Waals surface area contributed by atoms with Crippen LogP contribution >= 0.6 is 0 Å². The first-order valence-corrected chi connectivity index (χ1v) is 5.51. The summed E-state index contributed by atoms with van der Waals surface area (Å²) < 4.78 is 0. The molecule has 1 atom stereocenters. The summed E-state index contributed by atoms with van der Waals surface area (Å²) >= 11 is 0. The molecular weight excluding hydrogens is 206 g/mol. The van der Waals surface area contributed by atoms with Gasteiger partial charge in [0.05, 0.1) is 25.1 Å². The Kier molecular flexibility index (Phi) is 7.52. The second-order valence-electron chi connectivity index (χ2n) is 3.92. The number of nitrogens with zero attached hydrogens (tertiary/aromatic N) is 3. The Balaban J connectivity index is 4.16. The molecule has 0 radical (unpaired) electrons. The summed E-state index contributed by atoms with van der Waals surface area (Å²) in [4.78, 5) is 15.2. The average Bonchev–Trinajstić information content (AvgIpc) is 2.25. The van der Waals surface area contributed by atoms with Crippen molar-refractivity contribution in [3.05, 3.63) is 0 Å². The maximum Gasteiger partial charge on any atom is 0.236 e. The maximum atomic E-state index is 11.8. The van der Waals surface area contributed by atoms with Gasteiger partial charge in [-0.2, -0.15) is 5.26 Å². The summed E-state index contributed by atoms with van der Waals surface area (Å²) in [7, 11) is 1.79. The van der Waals surface area contributed by atoms with Gasteiger partial charge in [0.2, 0.25) is 5.91 Å². The van der Waals surface area contributed by atoms with Gasteiger partial charge in [-0.15, -0.1) is 0 Å². The summed E-state index contributed by atoms with van der Waals surface area (Å²) in [5.74, 6) is -0.146. The lowest BCUT2D eigenvalue weighted by atomic mass is 10.2. The molecule has 1 amide bonds. The van der Waals surface area contributed by atoms with Gasteiger partial charge in [0, 0.05) is 19.6 Å². The molecule has 0 aliphatic rings. The molecule has 5 heteroatoms. The van der Waals surface area contributed by atoms with Crippen LogP contribution in [0.2, 0.25) is 0 Å². The minimum absolute atomic E-state index is 0.000509. The quantitative estimate of drug-likeness (QED) is 0.660. The van der Waals surface area contributed by atoms with Crippen LogP contribution in [0.3, 0.4) is 0 Å². The summed E-state index contributed by atoms with van der Waals surface area (Å²) in [6, 6.07) is 2.12. The predicted molar refractivity (Wildman–Crippen MR) is 61.6 cm³/mol. The normalized spacial score (nSPS) is 12.2. The smallest absolute Gasteiger partial charge is 0.236 e. The molecule has 0 aromatic heterocycles. The summed E-state index contributed by atoms with van der Waals surface area (Å²) in [6.45, 7) is 5.59. The van der Waals surface area contributed by atoms with E-state index in [0.717, 1.165) is 0 Å². The molecule has 0 spiro atoms. The van der Waals surface area contributed by atoms with Crippen LogP contribution in [-0.2, 0) is 4.79 Å². The number of hydrogen-bond acceptors (Lipinski definition) is 4. The topological polar surface area (TPSA) is 67.6 Å². The zero-order valence-corrected chi connectivity index (χ0v) is 10.3. The minimum atomic E-state index is -0.146. The standard InChI is InChI=1S/C11H21N3O2/c1-4-14(8-10(2)7-12)11(16)9-13(3)5-6-15/h10,15H,4-6,8-9H2,1-3H3. The first-order chi connectivity index (χ1) is 7.54. The number of amides is 1. The van der Waals surface area contributed by atoms with E-state index in [0.29, 0.717) is 19.6 Å². The van der Waals surface area contributed by atoms with Crippen molar-refractivity contribution in [2.24, 2.45) is 5.92 Å². The van der Waals surface area contributed by atoms with Crippen LogP contribution in [-0.4, -0.2) is 60.6 Å². The number of rotatable bonds is 7. The number of nitriles is 1. The Bertz CT molecular complexity index is 250. The van der Waals surface area contributed by atoms with Gasteiger partial charge in [0.15, 0.2) is 0 Å². The summed E-state index contributed by atoms with van der Waals surface area (Å²) in [5.41, 5.74) is 0. The fourth-order valence-corrected chi connectivity index (χ4v) is 1.36. The van der Waals surface area contributed by atoms with Gasteiger partial charge in [0.25, 0.3) is 0 Å². The van der Waals surface area contributed by atoms with E-state index in [4.69, 9.17) is 10.4 Å². The van der Waals surface area contributed by atoms with Crippen molar-refractivity contribution in [2.75, 3.05) is 39.8 Å². The molecule has 92 valence electrons. The predicted octanol–water partition coefficient (Wildman–Crippen LogP) is -0.0813. The van der Waals surface area contributed by atoms with Gasteiger partial charge in [-0.1, -0.05) is 0 Å². The Morgan fingerprint density at radius 2 is 2.19 bits per heavy atom. The second kappa shape index (κ2) is 8.08. The second-order valence-corrected chi connectivity index (χ2v) is 3.92. The van der Waals surface area contributed by atoms with Crippen molar-refractivity contribution < 1.29 is 9.90 Å². The first kappa shape index (κ1) is 14.9. The van der Waals surface area contributed by atoms with E-state index in [-0.39, 0.29) is 25.0 Å². The molecule has 0 saturated heterocycles. The third kappa shape index (κ3) is 5.69. The lowest BCUT2D eigenvalue weighted by Crippen LogP contribution is -2.41. The van der Waals surface area contributed by atoms with Crippen molar-refractivity contribution >= 4 is 5.91 Å². The Hall–Kier alpha value is -1.12. The molecule has 0 aromatic carbocycles. The van der Waals surface area contributed by atoms with Gasteiger partial charge in [-0.3, -0.25) is 9.69 Å². The molecule has 0 heterocycles. The Morgan fingerprint density at radius 1 is 1.56 bits per heavy atom. The highest BCUT2D eigenvalue weighted by atomic mass is 16.3. The fraction of sp³-hybridized carbons (Fsp3) is 0.818. The van der Waals surface area contributed by atoms with Crippen molar-refractivity contribution in [3.8, 4) is 6.07 Å². The molecule has 1 unspecified atom stereocenters. The highest BCUT2D eigenvalue weighted by Crippen LogP contribution is 2.00. The highest BCUT2D eigenvalue weighted by Gasteiger charge is 2.15. The number of carbonyl (C=O) groups excluding carboxylic acids is 1. The number of aliphatic hydroxyl groups excluding tert-OH is 1. The van der Waals surface area contributed by atoms with Gasteiger partial charge >= 0.3 is 0 Å². The molecule has 0 fully saturated rings. The zero-order valence-electron chi connectivity index (χ0n) is 10.3. The van der Waals surface area contributed by atoms with Gasteiger partial charge in [0.1, 0.15) is 0 Å². The number of hydrogen-bond donors (Lipinski definition) is 1. The molecule has 0 saturated carbocycles. The van der Waals surface area contributed by atoms with E-state index < -0.39 is 0 Å². The molecule has 5 nitrogen and oxygen atoms in total. The lowest BCUT2D eigenvalue weighted by Gasteiger charge is -2.24. The van der Waals surface area contributed by atoms with Crippen LogP contribution in [0.15, 0.2) is 0 Å². The van der Waals surface area contributed by atoms with Gasteiger partial charge in [-0.25, -0.2) is 0 Å². The maximum absolute atomic E-state index is 11.8. The van der Waals surface area contributed by atoms with E-state index in [9.17, 15) is 4.79 Å². The minimum Gasteiger partial charge on any atom is -0.395 e. The fourth-order valence-electron chi connectivity index (χ4n) is 1.36. The van der Waals surface area contributed by atoms with Crippen LogP contribution in [0.25, 0.3) is 0 Å².